The van der Waals surface area contributed by atoms with Crippen LogP contribution in [0.25, 0.3) is 0 Å². The van der Waals surface area contributed by atoms with Crippen LogP contribution in [0.2, 0.25) is 5.02 Å². The van der Waals surface area contributed by atoms with E-state index < -0.39 is 0 Å². The fourth-order valence-electron chi connectivity index (χ4n) is 2.44. The third-order valence-electron chi connectivity index (χ3n) is 3.49. The maximum absolute atomic E-state index is 12.4. The molecule has 1 aliphatic rings. The van der Waals surface area contributed by atoms with Crippen molar-refractivity contribution in [1.82, 2.24) is 4.90 Å². The Hall–Kier alpha value is -0.540. The van der Waals surface area contributed by atoms with Gasteiger partial charge in [-0.25, -0.2) is 0 Å². The molecule has 18 heavy (non-hydrogen) atoms. The van der Waals surface area contributed by atoms with E-state index in [0.29, 0.717) is 16.5 Å². The minimum absolute atomic E-state index is 0.0938. The van der Waals surface area contributed by atoms with E-state index >= 15 is 0 Å². The lowest BCUT2D eigenvalue weighted by atomic mass is 9.95. The molecule has 0 N–H and O–H groups in total. The summed E-state index contributed by atoms with van der Waals surface area (Å²) in [6.07, 6.45) is 3.48. The average molecular weight is 331 g/mol. The molecule has 98 valence electrons. The van der Waals surface area contributed by atoms with Crippen molar-refractivity contribution in [2.24, 2.45) is 5.92 Å². The molecule has 2 nitrogen and oxygen atoms in total. The number of carbonyl (C=O) groups excluding carboxylic acids is 1. The van der Waals surface area contributed by atoms with Crippen LogP contribution in [0.1, 0.15) is 36.5 Å². The summed E-state index contributed by atoms with van der Waals surface area (Å²) in [4.78, 5) is 14.4. The molecule has 1 fully saturated rings. The van der Waals surface area contributed by atoms with Crippen LogP contribution in [0.4, 0.5) is 0 Å². The minimum atomic E-state index is 0.0938. The first kappa shape index (κ1) is 13.9. The quantitative estimate of drug-likeness (QED) is 0.788. The van der Waals surface area contributed by atoms with Crippen LogP contribution in [-0.4, -0.2) is 23.9 Å². The molecule has 1 aliphatic heterocycles. The van der Waals surface area contributed by atoms with E-state index in [9.17, 15) is 4.79 Å². The molecule has 1 saturated heterocycles. The zero-order valence-electron chi connectivity index (χ0n) is 10.5. The summed E-state index contributed by atoms with van der Waals surface area (Å²) in [7, 11) is 0. The van der Waals surface area contributed by atoms with E-state index in [1.807, 2.05) is 11.0 Å². The fraction of sp³-hybridized carbons (Fsp3) is 0.500. The third-order valence-corrected chi connectivity index (χ3v) is 4.17. The first-order chi connectivity index (χ1) is 8.60. The average Bonchev–Trinajstić information content (AvgIpc) is 2.37. The second-order valence-electron chi connectivity index (χ2n) is 4.83. The number of hydrogen-bond acceptors (Lipinski definition) is 1. The Bertz CT molecular complexity index is 429. The van der Waals surface area contributed by atoms with Gasteiger partial charge in [0, 0.05) is 28.1 Å². The first-order valence-corrected chi connectivity index (χ1v) is 7.52. The maximum atomic E-state index is 12.4. The number of benzene rings is 1. The van der Waals surface area contributed by atoms with E-state index in [1.165, 1.54) is 6.42 Å². The van der Waals surface area contributed by atoms with E-state index in [2.05, 4.69) is 22.9 Å². The summed E-state index contributed by atoms with van der Waals surface area (Å²) in [6.45, 7) is 3.92. The van der Waals surface area contributed by atoms with Crippen molar-refractivity contribution in [2.45, 2.75) is 26.2 Å². The maximum Gasteiger partial charge on any atom is 0.253 e. The molecule has 1 amide bonds. The van der Waals surface area contributed by atoms with Gasteiger partial charge in [0.25, 0.3) is 5.91 Å². The summed E-state index contributed by atoms with van der Waals surface area (Å²) >= 11 is 9.36. The number of likely N-dealkylation sites (tertiary alicyclic amines) is 1. The van der Waals surface area contributed by atoms with Gasteiger partial charge in [0.2, 0.25) is 0 Å². The van der Waals surface area contributed by atoms with Gasteiger partial charge in [-0.15, -0.1) is 0 Å². The number of piperidine rings is 1. The second kappa shape index (κ2) is 6.07. The van der Waals surface area contributed by atoms with Crippen molar-refractivity contribution in [1.29, 1.82) is 0 Å². The fourth-order valence-corrected chi connectivity index (χ4v) is 3.30. The van der Waals surface area contributed by atoms with Crippen LogP contribution in [-0.2, 0) is 0 Å². The molecule has 0 radical (unpaired) electrons. The molecule has 4 heteroatoms. The normalized spacial score (nSPS) is 19.9. The number of nitrogens with zero attached hydrogens (tertiary/aromatic N) is 1. The molecule has 0 saturated carbocycles. The number of halogens is 2. The predicted molar refractivity (Wildman–Crippen MR) is 78.1 cm³/mol. The largest absolute Gasteiger partial charge is 0.338 e. The highest BCUT2D eigenvalue weighted by Gasteiger charge is 2.23. The molecule has 1 unspecified atom stereocenters. The van der Waals surface area contributed by atoms with Gasteiger partial charge in [-0.3, -0.25) is 4.79 Å². The van der Waals surface area contributed by atoms with Crippen LogP contribution in [0.5, 0.6) is 0 Å². The van der Waals surface area contributed by atoms with Gasteiger partial charge in [0.05, 0.1) is 0 Å². The SMILES string of the molecule is CCC1CCCN(C(=O)c2cc(Cl)cc(Br)c2)C1. The van der Waals surface area contributed by atoms with Gasteiger partial charge in [-0.05, 0) is 37.0 Å². The summed E-state index contributed by atoms with van der Waals surface area (Å²) in [5, 5.41) is 0.594. The molecule has 0 bridgehead atoms. The molecule has 0 aromatic heterocycles. The zero-order chi connectivity index (χ0) is 13.1. The highest BCUT2D eigenvalue weighted by atomic mass is 79.9. The zero-order valence-corrected chi connectivity index (χ0v) is 12.8. The lowest BCUT2D eigenvalue weighted by Gasteiger charge is -2.32. The summed E-state index contributed by atoms with van der Waals surface area (Å²) < 4.78 is 0.849. The number of hydrogen-bond donors (Lipinski definition) is 0. The Kier molecular flexibility index (Phi) is 4.68. The lowest BCUT2D eigenvalue weighted by Crippen LogP contribution is -2.39. The van der Waals surface area contributed by atoms with Gasteiger partial charge in [0.15, 0.2) is 0 Å². The van der Waals surface area contributed by atoms with Gasteiger partial charge < -0.3 is 4.90 Å². The second-order valence-corrected chi connectivity index (χ2v) is 6.18. The van der Waals surface area contributed by atoms with Crippen molar-refractivity contribution in [3.63, 3.8) is 0 Å². The molecule has 1 atom stereocenters. The topological polar surface area (TPSA) is 20.3 Å². The summed E-state index contributed by atoms with van der Waals surface area (Å²) in [6, 6.07) is 5.37. The summed E-state index contributed by atoms with van der Waals surface area (Å²) in [5.41, 5.74) is 0.672. The minimum Gasteiger partial charge on any atom is -0.338 e. The highest BCUT2D eigenvalue weighted by molar-refractivity contribution is 9.10. The third kappa shape index (κ3) is 3.27. The number of rotatable bonds is 2. The Morgan fingerprint density at radius 3 is 2.94 bits per heavy atom. The van der Waals surface area contributed by atoms with Crippen LogP contribution in [0, 0.1) is 5.92 Å². The van der Waals surface area contributed by atoms with E-state index in [1.54, 1.807) is 12.1 Å². The van der Waals surface area contributed by atoms with Crippen molar-refractivity contribution in [3.05, 3.63) is 33.3 Å². The Morgan fingerprint density at radius 1 is 1.50 bits per heavy atom. The van der Waals surface area contributed by atoms with Crippen LogP contribution >= 0.6 is 27.5 Å². The van der Waals surface area contributed by atoms with Gasteiger partial charge in [0.1, 0.15) is 0 Å². The first-order valence-electron chi connectivity index (χ1n) is 6.35. The molecule has 2 rings (SSSR count). The highest BCUT2D eigenvalue weighted by Crippen LogP contribution is 2.24. The van der Waals surface area contributed by atoms with Crippen LogP contribution in [0.3, 0.4) is 0 Å². The standard InChI is InChI=1S/C14H17BrClNO/c1-2-10-4-3-5-17(9-10)14(18)11-6-12(15)8-13(16)7-11/h6-8,10H,2-5,9H2,1H3. The van der Waals surface area contributed by atoms with Crippen LogP contribution in [0.15, 0.2) is 22.7 Å². The Morgan fingerprint density at radius 2 is 2.28 bits per heavy atom. The monoisotopic (exact) mass is 329 g/mol. The number of amides is 1. The Balaban J connectivity index is 2.15. The lowest BCUT2D eigenvalue weighted by molar-refractivity contribution is 0.0671. The van der Waals surface area contributed by atoms with Crippen molar-refractivity contribution in [2.75, 3.05) is 13.1 Å². The molecule has 1 aromatic rings. The molecule has 0 spiro atoms. The van der Waals surface area contributed by atoms with E-state index in [4.69, 9.17) is 11.6 Å². The van der Waals surface area contributed by atoms with Crippen LogP contribution < -0.4 is 0 Å². The Labute approximate surface area is 121 Å². The van der Waals surface area contributed by atoms with E-state index in [0.717, 1.165) is 30.4 Å². The molecular formula is C14H17BrClNO. The van der Waals surface area contributed by atoms with Crippen molar-refractivity contribution < 1.29 is 4.79 Å². The van der Waals surface area contributed by atoms with Gasteiger partial charge in [-0.2, -0.15) is 0 Å². The molecular weight excluding hydrogens is 314 g/mol. The van der Waals surface area contributed by atoms with E-state index in [-0.39, 0.29) is 5.91 Å². The predicted octanol–water partition coefficient (Wildman–Crippen LogP) is 4.36. The molecule has 1 heterocycles. The van der Waals surface area contributed by atoms with Gasteiger partial charge >= 0.3 is 0 Å². The van der Waals surface area contributed by atoms with Crippen molar-refractivity contribution >= 4 is 33.4 Å². The number of carbonyl (C=O) groups is 1. The van der Waals surface area contributed by atoms with Crippen molar-refractivity contribution in [3.8, 4) is 0 Å². The smallest absolute Gasteiger partial charge is 0.253 e. The molecule has 0 aliphatic carbocycles. The molecule has 1 aromatic carbocycles. The van der Waals surface area contributed by atoms with Gasteiger partial charge in [-0.1, -0.05) is 40.9 Å². The summed E-state index contributed by atoms with van der Waals surface area (Å²) in [5.74, 6) is 0.738.